The summed E-state index contributed by atoms with van der Waals surface area (Å²) in [6, 6.07) is 2.43. The van der Waals surface area contributed by atoms with Gasteiger partial charge in [0.15, 0.2) is 0 Å². The van der Waals surface area contributed by atoms with E-state index in [9.17, 15) is 4.79 Å². The molecule has 0 aromatic carbocycles. The standard InChI is InChI=1S/C13H19N3O/c1-9(2)16-11(4-7-15-16)10-8-14-12(17)13(10)5-3-6-13/h4,7,9-10H,3,5-6,8H2,1-2H3,(H,14,17)/t10-/m0/s1. The first-order valence-electron chi connectivity index (χ1n) is 6.47. The van der Waals surface area contributed by atoms with Gasteiger partial charge in [-0.3, -0.25) is 9.48 Å². The Kier molecular flexibility index (Phi) is 2.28. The summed E-state index contributed by atoms with van der Waals surface area (Å²) >= 11 is 0. The Morgan fingerprint density at radius 3 is 2.88 bits per heavy atom. The van der Waals surface area contributed by atoms with Crippen LogP contribution in [0.15, 0.2) is 12.3 Å². The van der Waals surface area contributed by atoms with Crippen LogP contribution in [0, 0.1) is 5.41 Å². The topological polar surface area (TPSA) is 46.9 Å². The molecular weight excluding hydrogens is 214 g/mol. The van der Waals surface area contributed by atoms with Crippen molar-refractivity contribution in [2.75, 3.05) is 6.54 Å². The molecule has 1 aliphatic carbocycles. The summed E-state index contributed by atoms with van der Waals surface area (Å²) in [6.07, 6.45) is 5.10. The first-order valence-corrected chi connectivity index (χ1v) is 6.47. The number of rotatable bonds is 2. The van der Waals surface area contributed by atoms with E-state index >= 15 is 0 Å². The Morgan fingerprint density at radius 1 is 1.53 bits per heavy atom. The van der Waals surface area contributed by atoms with Crippen LogP contribution in [0.25, 0.3) is 0 Å². The zero-order valence-corrected chi connectivity index (χ0v) is 10.4. The maximum absolute atomic E-state index is 12.0. The minimum Gasteiger partial charge on any atom is -0.355 e. The molecule has 92 valence electrons. The third-order valence-electron chi connectivity index (χ3n) is 4.38. The minimum atomic E-state index is -0.118. The average molecular weight is 233 g/mol. The van der Waals surface area contributed by atoms with Crippen molar-refractivity contribution in [3.63, 3.8) is 0 Å². The molecule has 2 aliphatic rings. The summed E-state index contributed by atoms with van der Waals surface area (Å²) in [5.74, 6) is 0.568. The molecule has 4 nitrogen and oxygen atoms in total. The zero-order chi connectivity index (χ0) is 12.0. The van der Waals surface area contributed by atoms with Crippen molar-refractivity contribution in [2.45, 2.75) is 45.1 Å². The number of nitrogens with zero attached hydrogens (tertiary/aromatic N) is 2. The van der Waals surface area contributed by atoms with Gasteiger partial charge in [0.05, 0.1) is 5.41 Å². The van der Waals surface area contributed by atoms with Crippen LogP contribution in [0.4, 0.5) is 0 Å². The Bertz CT molecular complexity index is 445. The number of hydrogen-bond acceptors (Lipinski definition) is 2. The van der Waals surface area contributed by atoms with Crippen LogP contribution < -0.4 is 5.32 Å². The number of amides is 1. The summed E-state index contributed by atoms with van der Waals surface area (Å²) in [4.78, 5) is 12.0. The molecule has 4 heteroatoms. The highest BCUT2D eigenvalue weighted by Gasteiger charge is 2.55. The maximum Gasteiger partial charge on any atom is 0.226 e. The molecule has 1 saturated heterocycles. The van der Waals surface area contributed by atoms with Gasteiger partial charge in [0.2, 0.25) is 5.91 Å². The van der Waals surface area contributed by atoms with Crippen LogP contribution in [0.3, 0.4) is 0 Å². The van der Waals surface area contributed by atoms with Crippen LogP contribution >= 0.6 is 0 Å². The Morgan fingerprint density at radius 2 is 2.29 bits per heavy atom. The third-order valence-corrected chi connectivity index (χ3v) is 4.38. The van der Waals surface area contributed by atoms with Gasteiger partial charge < -0.3 is 5.32 Å². The van der Waals surface area contributed by atoms with Gasteiger partial charge in [-0.05, 0) is 32.8 Å². The molecule has 1 amide bonds. The van der Waals surface area contributed by atoms with Gasteiger partial charge in [-0.15, -0.1) is 0 Å². The second-order valence-electron chi connectivity index (χ2n) is 5.57. The van der Waals surface area contributed by atoms with E-state index in [2.05, 4.69) is 35.0 Å². The second-order valence-corrected chi connectivity index (χ2v) is 5.57. The summed E-state index contributed by atoms with van der Waals surface area (Å²) in [5, 5.41) is 7.42. The van der Waals surface area contributed by atoms with Crippen molar-refractivity contribution in [2.24, 2.45) is 5.41 Å². The predicted octanol–water partition coefficient (Wildman–Crippen LogP) is 1.85. The van der Waals surface area contributed by atoms with Gasteiger partial charge >= 0.3 is 0 Å². The van der Waals surface area contributed by atoms with E-state index in [4.69, 9.17) is 0 Å². The quantitative estimate of drug-likeness (QED) is 0.847. The maximum atomic E-state index is 12.0. The largest absolute Gasteiger partial charge is 0.355 e. The SMILES string of the molecule is CC(C)n1nccc1[C@@H]1CNC(=O)C12CCC2. The number of carbonyl (C=O) groups excluding carboxylic acids is 1. The number of aromatic nitrogens is 2. The summed E-state index contributed by atoms with van der Waals surface area (Å²) in [7, 11) is 0. The zero-order valence-electron chi connectivity index (χ0n) is 10.4. The Hall–Kier alpha value is -1.32. The van der Waals surface area contributed by atoms with Gasteiger partial charge in [0, 0.05) is 30.4 Å². The van der Waals surface area contributed by atoms with Crippen LogP contribution in [-0.4, -0.2) is 22.2 Å². The van der Waals surface area contributed by atoms with Gasteiger partial charge in [0.1, 0.15) is 0 Å². The molecule has 17 heavy (non-hydrogen) atoms. The number of carbonyl (C=O) groups is 1. The fraction of sp³-hybridized carbons (Fsp3) is 0.692. The Labute approximate surface area is 101 Å². The van der Waals surface area contributed by atoms with E-state index in [0.717, 1.165) is 19.4 Å². The average Bonchev–Trinajstić information content (AvgIpc) is 2.78. The summed E-state index contributed by atoms with van der Waals surface area (Å²) in [6.45, 7) is 5.04. The van der Waals surface area contributed by atoms with Gasteiger partial charge in [-0.25, -0.2) is 0 Å². The van der Waals surface area contributed by atoms with E-state index in [1.807, 2.05) is 6.20 Å². The van der Waals surface area contributed by atoms with E-state index in [-0.39, 0.29) is 11.3 Å². The minimum absolute atomic E-state index is 0.118. The monoisotopic (exact) mass is 233 g/mol. The fourth-order valence-electron chi connectivity index (χ4n) is 3.28. The normalized spacial score (nSPS) is 26.3. The third kappa shape index (κ3) is 1.36. The highest BCUT2D eigenvalue weighted by atomic mass is 16.2. The van der Waals surface area contributed by atoms with Crippen molar-refractivity contribution < 1.29 is 4.79 Å². The molecule has 1 aromatic rings. The number of nitrogens with one attached hydrogen (secondary N) is 1. The van der Waals surface area contributed by atoms with Crippen molar-refractivity contribution in [3.05, 3.63) is 18.0 Å². The molecule has 1 N–H and O–H groups in total. The highest BCUT2D eigenvalue weighted by Crippen LogP contribution is 2.54. The lowest BCUT2D eigenvalue weighted by Gasteiger charge is -2.40. The lowest BCUT2D eigenvalue weighted by molar-refractivity contribution is -0.132. The van der Waals surface area contributed by atoms with Crippen LogP contribution in [0.5, 0.6) is 0 Å². The van der Waals surface area contributed by atoms with E-state index < -0.39 is 0 Å². The summed E-state index contributed by atoms with van der Waals surface area (Å²) in [5.41, 5.74) is 1.10. The van der Waals surface area contributed by atoms with Crippen molar-refractivity contribution in [3.8, 4) is 0 Å². The smallest absolute Gasteiger partial charge is 0.226 e. The van der Waals surface area contributed by atoms with Crippen molar-refractivity contribution in [1.82, 2.24) is 15.1 Å². The lowest BCUT2D eigenvalue weighted by Crippen LogP contribution is -2.41. The molecule has 1 atom stereocenters. The molecule has 1 spiro atoms. The molecule has 1 aromatic heterocycles. The molecular formula is C13H19N3O. The molecule has 3 rings (SSSR count). The molecule has 1 saturated carbocycles. The van der Waals surface area contributed by atoms with Crippen molar-refractivity contribution in [1.29, 1.82) is 0 Å². The van der Waals surface area contributed by atoms with Crippen LogP contribution in [-0.2, 0) is 4.79 Å². The predicted molar refractivity (Wildman–Crippen MR) is 64.6 cm³/mol. The molecule has 0 unspecified atom stereocenters. The lowest BCUT2D eigenvalue weighted by atomic mass is 9.61. The van der Waals surface area contributed by atoms with Gasteiger partial charge in [-0.1, -0.05) is 6.42 Å². The molecule has 2 heterocycles. The second kappa shape index (κ2) is 3.59. The van der Waals surface area contributed by atoms with E-state index in [1.54, 1.807) is 0 Å². The van der Waals surface area contributed by atoms with Gasteiger partial charge in [-0.2, -0.15) is 5.10 Å². The Balaban J connectivity index is 1.99. The molecule has 2 fully saturated rings. The van der Waals surface area contributed by atoms with E-state index in [1.165, 1.54) is 12.1 Å². The molecule has 0 radical (unpaired) electrons. The van der Waals surface area contributed by atoms with Crippen molar-refractivity contribution >= 4 is 5.91 Å². The van der Waals surface area contributed by atoms with Crippen LogP contribution in [0.1, 0.15) is 50.8 Å². The number of hydrogen-bond donors (Lipinski definition) is 1. The molecule has 1 aliphatic heterocycles. The fourth-order valence-corrected chi connectivity index (χ4v) is 3.28. The van der Waals surface area contributed by atoms with E-state index in [0.29, 0.717) is 12.0 Å². The first kappa shape index (κ1) is 10.8. The van der Waals surface area contributed by atoms with Gasteiger partial charge in [0.25, 0.3) is 0 Å². The first-order chi connectivity index (χ1) is 8.15. The van der Waals surface area contributed by atoms with Crippen LogP contribution in [0.2, 0.25) is 0 Å². The highest BCUT2D eigenvalue weighted by molar-refractivity contribution is 5.87. The molecule has 0 bridgehead atoms. The summed E-state index contributed by atoms with van der Waals surface area (Å²) < 4.78 is 2.06.